The molecule has 162 valence electrons. The average molecular weight is 428 g/mol. The fourth-order valence-electron chi connectivity index (χ4n) is 3.54. The predicted molar refractivity (Wildman–Crippen MR) is 107 cm³/mol. The van der Waals surface area contributed by atoms with Crippen molar-refractivity contribution in [3.63, 3.8) is 0 Å². The van der Waals surface area contributed by atoms with Crippen LogP contribution in [0.2, 0.25) is 0 Å². The second kappa shape index (κ2) is 8.50. The maximum Gasteiger partial charge on any atom is 0.344 e. The van der Waals surface area contributed by atoms with Crippen LogP contribution >= 0.6 is 0 Å². The minimum Gasteiger partial charge on any atom is -0.475 e. The van der Waals surface area contributed by atoms with Crippen LogP contribution in [-0.4, -0.2) is 35.8 Å². The highest BCUT2D eigenvalue weighted by atomic mass is 16.7. The molecule has 4 rings (SSSR count). The number of anilines is 1. The van der Waals surface area contributed by atoms with E-state index in [-0.39, 0.29) is 11.4 Å². The van der Waals surface area contributed by atoms with Gasteiger partial charge < -0.3 is 24.3 Å². The Kier molecular flexibility index (Phi) is 5.61. The molecule has 0 radical (unpaired) electrons. The minimum absolute atomic E-state index is 0.0608. The van der Waals surface area contributed by atoms with E-state index in [4.69, 9.17) is 18.9 Å². The number of carbonyl (C=O) groups is 2. The smallest absolute Gasteiger partial charge is 0.344 e. The molecular weight excluding hydrogens is 408 g/mol. The molecule has 0 unspecified atom stereocenters. The second-order valence-electron chi connectivity index (χ2n) is 7.21. The van der Waals surface area contributed by atoms with Gasteiger partial charge in [0.2, 0.25) is 0 Å². The van der Waals surface area contributed by atoms with Crippen molar-refractivity contribution in [1.82, 2.24) is 0 Å². The van der Waals surface area contributed by atoms with Crippen LogP contribution in [0.3, 0.4) is 0 Å². The number of hydrogen-bond donors (Lipinski definition) is 1. The lowest BCUT2D eigenvalue weighted by atomic mass is 10.2. The van der Waals surface area contributed by atoms with Crippen molar-refractivity contribution < 1.29 is 33.5 Å². The van der Waals surface area contributed by atoms with Gasteiger partial charge in [0.25, 0.3) is 11.7 Å². The Labute approximate surface area is 177 Å². The first-order valence-electron chi connectivity index (χ1n) is 9.78. The number of ether oxygens (including phenoxy) is 4. The van der Waals surface area contributed by atoms with Gasteiger partial charge in [0.05, 0.1) is 4.92 Å². The van der Waals surface area contributed by atoms with Crippen LogP contribution in [0.5, 0.6) is 17.2 Å². The number of hydrogen-bond acceptors (Lipinski definition) is 8. The third-order valence-corrected chi connectivity index (χ3v) is 4.96. The Balaban J connectivity index is 1.25. The molecule has 2 aromatic carbocycles. The Morgan fingerprint density at radius 3 is 2.58 bits per heavy atom. The number of nitrogens with zero attached hydrogens (tertiary/aromatic N) is 1. The first kappa shape index (κ1) is 20.5. The van der Waals surface area contributed by atoms with Crippen LogP contribution in [0.1, 0.15) is 25.7 Å². The molecule has 0 atom stereocenters. The predicted octanol–water partition coefficient (Wildman–Crippen LogP) is 3.20. The van der Waals surface area contributed by atoms with E-state index in [0.717, 1.165) is 25.7 Å². The lowest BCUT2D eigenvalue weighted by molar-refractivity contribution is -0.385. The van der Waals surface area contributed by atoms with Crippen molar-refractivity contribution in [2.75, 3.05) is 18.5 Å². The lowest BCUT2D eigenvalue weighted by Gasteiger charge is -2.21. The maximum absolute atomic E-state index is 12.1. The third kappa shape index (κ3) is 4.68. The van der Waals surface area contributed by atoms with Crippen molar-refractivity contribution in [3.8, 4) is 17.2 Å². The fourth-order valence-corrected chi connectivity index (χ4v) is 3.54. The molecule has 31 heavy (non-hydrogen) atoms. The van der Waals surface area contributed by atoms with Crippen LogP contribution in [-0.2, 0) is 14.3 Å². The standard InChI is InChI=1S/C21H20N2O8/c24-19(12-29-20(25)13-28-16-6-2-1-5-15(16)23(26)27)22-14-7-8-17-18(11-14)31-21(30-17)9-3-4-10-21/h1-2,5-8,11H,3-4,9-10,12-13H2,(H,22,24). The largest absolute Gasteiger partial charge is 0.475 e. The van der Waals surface area contributed by atoms with E-state index in [9.17, 15) is 19.7 Å². The number of carbonyl (C=O) groups excluding carboxylic acids is 2. The molecule has 1 aliphatic heterocycles. The SMILES string of the molecule is O=C(COC(=O)COc1ccccc1[N+](=O)[O-])Nc1ccc2c(c1)OC1(CCCC1)O2. The summed E-state index contributed by atoms with van der Waals surface area (Å²) in [6.07, 6.45) is 3.75. The highest BCUT2D eigenvalue weighted by molar-refractivity contribution is 5.93. The first-order valence-corrected chi connectivity index (χ1v) is 9.78. The first-order chi connectivity index (χ1) is 14.9. The number of rotatable bonds is 7. The van der Waals surface area contributed by atoms with E-state index in [1.807, 2.05) is 0 Å². The van der Waals surface area contributed by atoms with Gasteiger partial charge in [-0.05, 0) is 31.0 Å². The quantitative estimate of drug-likeness (QED) is 0.405. The molecular formula is C21H20N2O8. The van der Waals surface area contributed by atoms with Crippen molar-refractivity contribution in [2.24, 2.45) is 0 Å². The molecule has 1 N–H and O–H groups in total. The molecule has 1 heterocycles. The zero-order valence-electron chi connectivity index (χ0n) is 16.5. The van der Waals surface area contributed by atoms with Gasteiger partial charge in [0, 0.05) is 30.7 Å². The number of para-hydroxylation sites is 2. The number of nitrogens with one attached hydrogen (secondary N) is 1. The molecule has 1 aliphatic carbocycles. The van der Waals surface area contributed by atoms with E-state index in [1.54, 1.807) is 24.3 Å². The molecule has 1 amide bonds. The topological polar surface area (TPSA) is 126 Å². The van der Waals surface area contributed by atoms with E-state index in [0.29, 0.717) is 17.2 Å². The molecule has 1 fully saturated rings. The number of nitro benzene ring substituents is 1. The Hall–Kier alpha value is -3.82. The summed E-state index contributed by atoms with van der Waals surface area (Å²) in [4.78, 5) is 34.2. The monoisotopic (exact) mass is 428 g/mol. The summed E-state index contributed by atoms with van der Waals surface area (Å²) in [6.45, 7) is -1.10. The molecule has 0 bridgehead atoms. The summed E-state index contributed by atoms with van der Waals surface area (Å²) in [7, 11) is 0. The van der Waals surface area contributed by atoms with Gasteiger partial charge in [-0.3, -0.25) is 14.9 Å². The molecule has 2 aromatic rings. The Bertz CT molecular complexity index is 1020. The summed E-state index contributed by atoms with van der Waals surface area (Å²) in [5.41, 5.74) is 0.213. The zero-order chi connectivity index (χ0) is 21.8. The van der Waals surface area contributed by atoms with Crippen LogP contribution < -0.4 is 19.5 Å². The van der Waals surface area contributed by atoms with Gasteiger partial charge in [-0.2, -0.15) is 0 Å². The number of esters is 1. The molecule has 2 aliphatic rings. The van der Waals surface area contributed by atoms with Crippen LogP contribution in [0.15, 0.2) is 42.5 Å². The molecule has 0 saturated heterocycles. The van der Waals surface area contributed by atoms with E-state index in [1.165, 1.54) is 18.2 Å². The second-order valence-corrected chi connectivity index (χ2v) is 7.21. The summed E-state index contributed by atoms with van der Waals surface area (Å²) in [5.74, 6) is -0.827. The maximum atomic E-state index is 12.1. The normalized spacial score (nSPS) is 15.5. The number of amides is 1. The van der Waals surface area contributed by atoms with Gasteiger partial charge in [0.1, 0.15) is 0 Å². The van der Waals surface area contributed by atoms with Crippen molar-refractivity contribution >= 4 is 23.3 Å². The van der Waals surface area contributed by atoms with E-state index < -0.39 is 35.8 Å². The fraction of sp³-hybridized carbons (Fsp3) is 0.333. The third-order valence-electron chi connectivity index (χ3n) is 4.96. The van der Waals surface area contributed by atoms with Crippen LogP contribution in [0.4, 0.5) is 11.4 Å². The molecule has 10 nitrogen and oxygen atoms in total. The van der Waals surface area contributed by atoms with Gasteiger partial charge in [-0.1, -0.05) is 12.1 Å². The Morgan fingerprint density at radius 2 is 1.81 bits per heavy atom. The molecule has 1 spiro atoms. The summed E-state index contributed by atoms with van der Waals surface area (Å²) in [6, 6.07) is 10.7. The van der Waals surface area contributed by atoms with Gasteiger partial charge in [-0.25, -0.2) is 4.79 Å². The van der Waals surface area contributed by atoms with Gasteiger partial charge >= 0.3 is 11.7 Å². The zero-order valence-corrected chi connectivity index (χ0v) is 16.5. The minimum atomic E-state index is -0.831. The lowest BCUT2D eigenvalue weighted by Crippen LogP contribution is -2.34. The van der Waals surface area contributed by atoms with Gasteiger partial charge in [0.15, 0.2) is 30.5 Å². The van der Waals surface area contributed by atoms with Crippen LogP contribution in [0, 0.1) is 10.1 Å². The molecule has 10 heteroatoms. The number of nitro groups is 1. The van der Waals surface area contributed by atoms with E-state index >= 15 is 0 Å². The average Bonchev–Trinajstić information content (AvgIpc) is 3.36. The summed E-state index contributed by atoms with van der Waals surface area (Å²) < 4.78 is 21.9. The van der Waals surface area contributed by atoms with Crippen molar-refractivity contribution in [2.45, 2.75) is 31.5 Å². The van der Waals surface area contributed by atoms with Crippen molar-refractivity contribution in [3.05, 3.63) is 52.6 Å². The van der Waals surface area contributed by atoms with E-state index in [2.05, 4.69) is 5.32 Å². The van der Waals surface area contributed by atoms with Crippen LogP contribution in [0.25, 0.3) is 0 Å². The van der Waals surface area contributed by atoms with Crippen molar-refractivity contribution in [1.29, 1.82) is 0 Å². The highest BCUT2D eigenvalue weighted by Gasteiger charge is 2.44. The van der Waals surface area contributed by atoms with Gasteiger partial charge in [-0.15, -0.1) is 0 Å². The Morgan fingerprint density at radius 1 is 1.06 bits per heavy atom. The summed E-state index contributed by atoms with van der Waals surface area (Å²) in [5, 5.41) is 13.6. The molecule has 1 saturated carbocycles. The number of benzene rings is 2. The summed E-state index contributed by atoms with van der Waals surface area (Å²) >= 11 is 0. The highest BCUT2D eigenvalue weighted by Crippen LogP contribution is 2.47. The molecule has 0 aromatic heterocycles. The number of fused-ring (bicyclic) bond motifs is 1.